The van der Waals surface area contributed by atoms with Gasteiger partial charge in [0.25, 0.3) is 0 Å². The average molecular weight is 363 g/mol. The lowest BCUT2D eigenvalue weighted by atomic mass is 9.76. The van der Waals surface area contributed by atoms with Crippen molar-refractivity contribution in [3.05, 3.63) is 58.8 Å². The maximum atomic E-state index is 10.2. The molecule has 0 saturated heterocycles. The van der Waals surface area contributed by atoms with Gasteiger partial charge in [-0.25, -0.2) is 0 Å². The Morgan fingerprint density at radius 1 is 1.15 bits per heavy atom. The fourth-order valence-corrected chi connectivity index (χ4v) is 5.55. The highest BCUT2D eigenvalue weighted by Crippen LogP contribution is 2.67. The zero-order valence-corrected chi connectivity index (χ0v) is 17.7. The molecule has 27 heavy (non-hydrogen) atoms. The lowest BCUT2D eigenvalue weighted by Crippen LogP contribution is -2.35. The minimum absolute atomic E-state index is 0.0617. The van der Waals surface area contributed by atoms with Crippen molar-refractivity contribution in [1.82, 2.24) is 0 Å². The number of rotatable bonds is 2. The standard InChI is InChI=1S/C25H32NO/c1-16(2)13-26-14-17-12-20(23(3,4)5)18-10-8-9-11-19(18)22(17)24(6)21(15-27)25(24,26)7/h8-14,21,27H,15H2,1-7H3/q+1. The Balaban J connectivity index is 2.13. The van der Waals surface area contributed by atoms with Crippen molar-refractivity contribution in [2.24, 2.45) is 5.92 Å². The zero-order valence-electron chi connectivity index (χ0n) is 17.7. The van der Waals surface area contributed by atoms with E-state index in [9.17, 15) is 5.11 Å². The van der Waals surface area contributed by atoms with Crippen molar-refractivity contribution < 1.29 is 9.68 Å². The zero-order chi connectivity index (χ0) is 19.8. The highest BCUT2D eigenvalue weighted by atomic mass is 16.3. The number of aliphatic hydroxyl groups excluding tert-OH is 1. The summed E-state index contributed by atoms with van der Waals surface area (Å²) in [4.78, 5) is 0. The highest BCUT2D eigenvalue weighted by Gasteiger charge is 2.81. The average Bonchev–Trinajstić information content (AvgIpc) is 3.09. The summed E-state index contributed by atoms with van der Waals surface area (Å²) >= 11 is 0. The maximum absolute atomic E-state index is 10.2. The van der Waals surface area contributed by atoms with Crippen LogP contribution in [0.4, 0.5) is 0 Å². The first-order valence-electron chi connectivity index (χ1n) is 10.0. The van der Waals surface area contributed by atoms with Crippen LogP contribution >= 0.6 is 0 Å². The van der Waals surface area contributed by atoms with Crippen molar-refractivity contribution >= 4 is 17.0 Å². The molecule has 1 saturated carbocycles. The molecule has 4 rings (SSSR count). The molecule has 1 aliphatic heterocycles. The smallest absolute Gasteiger partial charge is 0.181 e. The predicted molar refractivity (Wildman–Crippen MR) is 114 cm³/mol. The minimum atomic E-state index is -0.0853. The first kappa shape index (κ1) is 18.4. The Hall–Kier alpha value is -1.93. The van der Waals surface area contributed by atoms with E-state index in [1.165, 1.54) is 33.0 Å². The summed E-state index contributed by atoms with van der Waals surface area (Å²) < 4.78 is 2.37. The van der Waals surface area contributed by atoms with Crippen molar-refractivity contribution in [1.29, 1.82) is 0 Å². The second-order valence-electron chi connectivity index (χ2n) is 10.0. The van der Waals surface area contributed by atoms with Gasteiger partial charge in [-0.05, 0) is 59.7 Å². The molecule has 2 aromatic rings. The highest BCUT2D eigenvalue weighted by molar-refractivity contribution is 5.99. The molecule has 142 valence electrons. The van der Waals surface area contributed by atoms with E-state index in [0.717, 1.165) is 0 Å². The third-order valence-electron chi connectivity index (χ3n) is 7.14. The van der Waals surface area contributed by atoms with E-state index in [1.807, 2.05) is 0 Å². The molecule has 1 N–H and O–H groups in total. The van der Waals surface area contributed by atoms with E-state index in [0.29, 0.717) is 0 Å². The number of benzene rings is 2. The molecule has 1 aliphatic carbocycles. The second kappa shape index (κ2) is 5.54. The number of hydrogen-bond donors (Lipinski definition) is 1. The number of hydrogen-bond acceptors (Lipinski definition) is 1. The van der Waals surface area contributed by atoms with E-state index < -0.39 is 0 Å². The fourth-order valence-electron chi connectivity index (χ4n) is 5.55. The second-order valence-corrected chi connectivity index (χ2v) is 10.0. The van der Waals surface area contributed by atoms with Crippen LogP contribution in [0.2, 0.25) is 0 Å². The Kier molecular flexibility index (Phi) is 3.79. The van der Waals surface area contributed by atoms with Gasteiger partial charge in [-0.3, -0.25) is 0 Å². The lowest BCUT2D eigenvalue weighted by molar-refractivity contribution is -0.519. The number of fused-ring (bicyclic) bond motifs is 5. The van der Waals surface area contributed by atoms with Crippen LogP contribution in [0.3, 0.4) is 0 Å². The van der Waals surface area contributed by atoms with Gasteiger partial charge in [0.1, 0.15) is 0 Å². The third kappa shape index (κ3) is 2.26. The molecule has 3 unspecified atom stereocenters. The Labute approximate surface area is 163 Å². The number of aliphatic hydroxyl groups is 1. The molecule has 2 aromatic carbocycles. The topological polar surface area (TPSA) is 23.2 Å². The first-order chi connectivity index (χ1) is 12.6. The van der Waals surface area contributed by atoms with Crippen molar-refractivity contribution in [2.75, 3.05) is 6.61 Å². The van der Waals surface area contributed by atoms with Gasteiger partial charge in [-0.1, -0.05) is 45.0 Å². The lowest BCUT2D eigenvalue weighted by Gasteiger charge is -2.28. The van der Waals surface area contributed by atoms with Crippen LogP contribution in [0.5, 0.6) is 0 Å². The van der Waals surface area contributed by atoms with Gasteiger partial charge >= 0.3 is 0 Å². The van der Waals surface area contributed by atoms with E-state index in [-0.39, 0.29) is 28.9 Å². The Morgan fingerprint density at radius 2 is 1.78 bits per heavy atom. The normalized spacial score (nSPS) is 29.0. The summed E-state index contributed by atoms with van der Waals surface area (Å²) in [7, 11) is 0. The molecule has 0 spiro atoms. The van der Waals surface area contributed by atoms with Gasteiger partial charge in [0.05, 0.1) is 17.9 Å². The molecule has 0 bridgehead atoms. The minimum Gasteiger partial charge on any atom is -0.396 e. The molecular weight excluding hydrogens is 330 g/mol. The van der Waals surface area contributed by atoms with Crippen LogP contribution in [0.15, 0.2) is 42.1 Å². The van der Waals surface area contributed by atoms with Crippen molar-refractivity contribution in [3.63, 3.8) is 0 Å². The number of nitrogens with zero attached hydrogens (tertiary/aromatic N) is 1. The van der Waals surface area contributed by atoms with Gasteiger partial charge in [-0.2, -0.15) is 4.58 Å². The summed E-state index contributed by atoms with van der Waals surface area (Å²) in [6.07, 6.45) is 4.55. The molecule has 0 amide bonds. The van der Waals surface area contributed by atoms with E-state index in [1.54, 1.807) is 0 Å². The van der Waals surface area contributed by atoms with Gasteiger partial charge in [0.2, 0.25) is 0 Å². The summed E-state index contributed by atoms with van der Waals surface area (Å²) in [6, 6.07) is 11.2. The molecular formula is C25H32NO+. The van der Waals surface area contributed by atoms with Crippen LogP contribution in [0.1, 0.15) is 65.2 Å². The van der Waals surface area contributed by atoms with E-state index in [2.05, 4.69) is 95.8 Å². The first-order valence-corrected chi connectivity index (χ1v) is 10.0. The van der Waals surface area contributed by atoms with E-state index >= 15 is 0 Å². The summed E-state index contributed by atoms with van der Waals surface area (Å²) in [6.45, 7) is 16.0. The van der Waals surface area contributed by atoms with Crippen LogP contribution < -0.4 is 0 Å². The molecule has 0 radical (unpaired) electrons. The monoisotopic (exact) mass is 362 g/mol. The largest absolute Gasteiger partial charge is 0.396 e. The Morgan fingerprint density at radius 3 is 2.33 bits per heavy atom. The van der Waals surface area contributed by atoms with Crippen LogP contribution in [-0.2, 0) is 10.8 Å². The van der Waals surface area contributed by atoms with Crippen LogP contribution in [-0.4, -0.2) is 28.0 Å². The molecule has 1 heterocycles. The molecule has 0 aromatic heterocycles. The SMILES string of the molecule is CC(C)=C[N+]1=Cc2cc(C(C)(C)C)c3ccccc3c2C2(C)C(CO)C12C. The van der Waals surface area contributed by atoms with Crippen LogP contribution in [0.25, 0.3) is 10.8 Å². The van der Waals surface area contributed by atoms with Crippen molar-refractivity contribution in [3.8, 4) is 0 Å². The summed E-state index contributed by atoms with van der Waals surface area (Å²) in [5.41, 5.74) is 5.30. The molecule has 2 aliphatic rings. The van der Waals surface area contributed by atoms with Gasteiger partial charge in [0.15, 0.2) is 18.0 Å². The molecule has 2 nitrogen and oxygen atoms in total. The number of allylic oxidation sites excluding steroid dienone is 1. The predicted octanol–water partition coefficient (Wildman–Crippen LogP) is 5.14. The molecule has 2 heteroatoms. The molecule has 3 atom stereocenters. The quantitative estimate of drug-likeness (QED) is 0.734. The third-order valence-corrected chi connectivity index (χ3v) is 7.14. The summed E-state index contributed by atoms with van der Waals surface area (Å²) in [5, 5.41) is 12.9. The summed E-state index contributed by atoms with van der Waals surface area (Å²) in [5.74, 6) is 0.224. The maximum Gasteiger partial charge on any atom is 0.181 e. The Bertz CT molecular complexity index is 1000. The fraction of sp³-hybridized carbons (Fsp3) is 0.480. The van der Waals surface area contributed by atoms with E-state index in [4.69, 9.17) is 0 Å². The van der Waals surface area contributed by atoms with Gasteiger partial charge in [0, 0.05) is 12.5 Å². The van der Waals surface area contributed by atoms with Gasteiger partial charge in [-0.15, -0.1) is 0 Å². The van der Waals surface area contributed by atoms with Crippen molar-refractivity contribution in [2.45, 2.75) is 64.8 Å². The van der Waals surface area contributed by atoms with Crippen LogP contribution in [0, 0.1) is 5.92 Å². The van der Waals surface area contributed by atoms with Gasteiger partial charge < -0.3 is 5.11 Å². The molecule has 1 fully saturated rings.